The van der Waals surface area contributed by atoms with Crippen LogP contribution in [0.15, 0.2) is 53.8 Å². The fourth-order valence-corrected chi connectivity index (χ4v) is 2.80. The van der Waals surface area contributed by atoms with Crippen LogP contribution in [0.2, 0.25) is 0 Å². The van der Waals surface area contributed by atoms with E-state index >= 15 is 0 Å². The van der Waals surface area contributed by atoms with Crippen molar-refractivity contribution in [1.82, 2.24) is 4.98 Å². The molecule has 108 valence electrons. The summed E-state index contributed by atoms with van der Waals surface area (Å²) in [6.45, 7) is 1.98. The largest absolute Gasteiger partial charge is 0.409 e. The van der Waals surface area contributed by atoms with E-state index in [4.69, 9.17) is 10.9 Å². The lowest BCUT2D eigenvalue weighted by molar-refractivity contribution is 0.318. The maximum atomic E-state index is 8.74. The Morgan fingerprint density at radius 1 is 1.29 bits per heavy atom. The number of pyridine rings is 1. The van der Waals surface area contributed by atoms with E-state index in [9.17, 15) is 0 Å². The summed E-state index contributed by atoms with van der Waals surface area (Å²) >= 11 is 0. The number of nitrogens with zero attached hydrogens (tertiary/aromatic N) is 3. The molecule has 0 spiro atoms. The van der Waals surface area contributed by atoms with Gasteiger partial charge < -0.3 is 15.8 Å². The van der Waals surface area contributed by atoms with Crippen molar-refractivity contribution in [3.05, 3.63) is 59.9 Å². The van der Waals surface area contributed by atoms with Crippen LogP contribution in [0.25, 0.3) is 0 Å². The fourth-order valence-electron chi connectivity index (χ4n) is 2.80. The molecule has 1 aromatic carbocycles. The van der Waals surface area contributed by atoms with Crippen molar-refractivity contribution >= 4 is 11.5 Å². The van der Waals surface area contributed by atoms with Crippen LogP contribution in [-0.4, -0.2) is 29.1 Å². The number of hydrogen-bond acceptors (Lipinski definition) is 4. The molecule has 0 amide bonds. The number of benzene rings is 1. The Labute approximate surface area is 123 Å². The molecular weight excluding hydrogens is 264 g/mol. The molecule has 21 heavy (non-hydrogen) atoms. The van der Waals surface area contributed by atoms with Crippen molar-refractivity contribution in [3.63, 3.8) is 0 Å². The summed E-state index contributed by atoms with van der Waals surface area (Å²) in [7, 11) is 0. The SMILES string of the molecule is NC(=NO)c1cc(N2CCC(c3ccccc3)C2)ccn1. The van der Waals surface area contributed by atoms with E-state index in [0.717, 1.165) is 25.2 Å². The minimum absolute atomic E-state index is 0.0376. The normalized spacial score (nSPS) is 19.0. The monoisotopic (exact) mass is 282 g/mol. The number of nitrogens with two attached hydrogens (primary N) is 1. The Bertz CT molecular complexity index is 642. The molecule has 3 N–H and O–H groups in total. The van der Waals surface area contributed by atoms with E-state index in [1.54, 1.807) is 6.20 Å². The van der Waals surface area contributed by atoms with Gasteiger partial charge in [0, 0.05) is 30.9 Å². The molecule has 1 fully saturated rings. The second-order valence-electron chi connectivity index (χ2n) is 5.23. The molecule has 0 saturated carbocycles. The smallest absolute Gasteiger partial charge is 0.188 e. The third kappa shape index (κ3) is 2.81. The predicted molar refractivity (Wildman–Crippen MR) is 82.8 cm³/mol. The van der Waals surface area contributed by atoms with Crippen molar-refractivity contribution in [2.24, 2.45) is 10.9 Å². The number of amidine groups is 1. The third-order valence-corrected chi connectivity index (χ3v) is 3.94. The van der Waals surface area contributed by atoms with Gasteiger partial charge in [0.2, 0.25) is 0 Å². The zero-order valence-corrected chi connectivity index (χ0v) is 11.7. The van der Waals surface area contributed by atoms with Gasteiger partial charge in [0.05, 0.1) is 0 Å². The van der Waals surface area contributed by atoms with Gasteiger partial charge in [0.15, 0.2) is 5.84 Å². The molecule has 5 heteroatoms. The summed E-state index contributed by atoms with van der Waals surface area (Å²) in [6, 6.07) is 14.4. The molecule has 2 aromatic rings. The Hall–Kier alpha value is -2.56. The first-order valence-corrected chi connectivity index (χ1v) is 7.02. The van der Waals surface area contributed by atoms with Crippen molar-refractivity contribution in [2.75, 3.05) is 18.0 Å². The first-order chi connectivity index (χ1) is 10.3. The molecule has 0 aliphatic carbocycles. The first-order valence-electron chi connectivity index (χ1n) is 7.02. The van der Waals surface area contributed by atoms with Gasteiger partial charge in [-0.2, -0.15) is 0 Å². The van der Waals surface area contributed by atoms with Crippen molar-refractivity contribution < 1.29 is 5.21 Å². The Kier molecular flexibility index (Phi) is 3.73. The van der Waals surface area contributed by atoms with Crippen molar-refractivity contribution in [3.8, 4) is 0 Å². The van der Waals surface area contributed by atoms with Crippen LogP contribution < -0.4 is 10.6 Å². The molecule has 1 aliphatic rings. The number of anilines is 1. The predicted octanol–water partition coefficient (Wildman–Crippen LogP) is 2.17. The van der Waals surface area contributed by atoms with E-state index < -0.39 is 0 Å². The summed E-state index contributed by atoms with van der Waals surface area (Å²) in [4.78, 5) is 6.43. The minimum atomic E-state index is 0.0376. The maximum absolute atomic E-state index is 8.74. The molecule has 0 bridgehead atoms. The van der Waals surface area contributed by atoms with Gasteiger partial charge in [-0.05, 0) is 24.1 Å². The van der Waals surface area contributed by atoms with E-state index in [-0.39, 0.29) is 5.84 Å². The van der Waals surface area contributed by atoms with Crippen LogP contribution in [0.3, 0.4) is 0 Å². The lowest BCUT2D eigenvalue weighted by atomic mass is 9.99. The van der Waals surface area contributed by atoms with E-state index in [2.05, 4.69) is 39.3 Å². The zero-order valence-electron chi connectivity index (χ0n) is 11.7. The molecule has 5 nitrogen and oxygen atoms in total. The first kappa shape index (κ1) is 13.4. The van der Waals surface area contributed by atoms with Crippen LogP contribution in [0, 0.1) is 0 Å². The topological polar surface area (TPSA) is 74.7 Å². The highest BCUT2D eigenvalue weighted by atomic mass is 16.4. The Morgan fingerprint density at radius 3 is 2.86 bits per heavy atom. The average Bonchev–Trinajstić information content (AvgIpc) is 3.05. The highest BCUT2D eigenvalue weighted by Crippen LogP contribution is 2.30. The molecule has 3 rings (SSSR count). The van der Waals surface area contributed by atoms with Gasteiger partial charge in [0.25, 0.3) is 0 Å². The van der Waals surface area contributed by atoms with E-state index in [0.29, 0.717) is 11.6 Å². The minimum Gasteiger partial charge on any atom is -0.409 e. The van der Waals surface area contributed by atoms with Crippen molar-refractivity contribution in [1.29, 1.82) is 0 Å². The Balaban J connectivity index is 1.77. The summed E-state index contributed by atoms with van der Waals surface area (Å²) in [5, 5.41) is 11.7. The molecular formula is C16H18N4O. The second kappa shape index (κ2) is 5.83. The van der Waals surface area contributed by atoms with Crippen LogP contribution in [0.5, 0.6) is 0 Å². The number of hydrogen-bond donors (Lipinski definition) is 2. The van der Waals surface area contributed by atoms with Crippen LogP contribution >= 0.6 is 0 Å². The lowest BCUT2D eigenvalue weighted by Gasteiger charge is -2.19. The summed E-state index contributed by atoms with van der Waals surface area (Å²) in [5.74, 6) is 0.585. The molecule has 1 saturated heterocycles. The summed E-state index contributed by atoms with van der Waals surface area (Å²) < 4.78 is 0. The van der Waals surface area contributed by atoms with Gasteiger partial charge in [-0.25, -0.2) is 0 Å². The molecule has 1 aromatic heterocycles. The maximum Gasteiger partial charge on any atom is 0.188 e. The number of aromatic nitrogens is 1. The molecule has 1 unspecified atom stereocenters. The van der Waals surface area contributed by atoms with Crippen LogP contribution in [-0.2, 0) is 0 Å². The molecule has 2 heterocycles. The average molecular weight is 282 g/mol. The van der Waals surface area contributed by atoms with Gasteiger partial charge in [-0.3, -0.25) is 4.98 Å². The lowest BCUT2D eigenvalue weighted by Crippen LogP contribution is -2.21. The molecule has 1 atom stereocenters. The van der Waals surface area contributed by atoms with Crippen LogP contribution in [0.1, 0.15) is 23.6 Å². The van der Waals surface area contributed by atoms with Gasteiger partial charge in [-0.1, -0.05) is 35.5 Å². The fraction of sp³-hybridized carbons (Fsp3) is 0.250. The zero-order chi connectivity index (χ0) is 14.7. The third-order valence-electron chi connectivity index (χ3n) is 3.94. The van der Waals surface area contributed by atoms with Gasteiger partial charge in [0.1, 0.15) is 5.69 Å². The summed E-state index contributed by atoms with van der Waals surface area (Å²) in [5.41, 5.74) is 8.54. The van der Waals surface area contributed by atoms with Gasteiger partial charge in [-0.15, -0.1) is 0 Å². The highest BCUT2D eigenvalue weighted by molar-refractivity contribution is 5.95. The quantitative estimate of drug-likeness (QED) is 0.391. The standard InChI is InChI=1S/C16H18N4O/c17-16(19-21)15-10-14(6-8-18-15)20-9-7-13(11-20)12-4-2-1-3-5-12/h1-6,8,10,13,21H,7,9,11H2,(H2,17,19). The van der Waals surface area contributed by atoms with Crippen LogP contribution in [0.4, 0.5) is 5.69 Å². The number of rotatable bonds is 3. The highest BCUT2D eigenvalue weighted by Gasteiger charge is 2.24. The Morgan fingerprint density at radius 2 is 2.10 bits per heavy atom. The van der Waals surface area contributed by atoms with Crippen molar-refractivity contribution in [2.45, 2.75) is 12.3 Å². The molecule has 1 aliphatic heterocycles. The summed E-state index contributed by atoms with van der Waals surface area (Å²) in [6.07, 6.45) is 2.82. The molecule has 0 radical (unpaired) electrons. The van der Waals surface area contributed by atoms with Gasteiger partial charge >= 0.3 is 0 Å². The van der Waals surface area contributed by atoms with E-state index in [1.165, 1.54) is 5.56 Å². The second-order valence-corrected chi connectivity index (χ2v) is 5.23. The number of oxime groups is 1. The van der Waals surface area contributed by atoms with E-state index in [1.807, 2.05) is 18.2 Å².